The molecule has 6 heteroatoms. The molecule has 0 saturated carbocycles. The average molecular weight is 1040 g/mol. The number of esters is 1. The van der Waals surface area contributed by atoms with E-state index in [-0.39, 0.29) is 18.5 Å². The Labute approximate surface area is 462 Å². The molecule has 0 rings (SSSR count). The Kier molecular flexibility index (Phi) is 62.4. The van der Waals surface area contributed by atoms with Gasteiger partial charge in [0.05, 0.1) is 25.4 Å². The van der Waals surface area contributed by atoms with Crippen LogP contribution in [0.15, 0.2) is 24.3 Å². The summed E-state index contributed by atoms with van der Waals surface area (Å²) >= 11 is 0. The highest BCUT2D eigenvalue weighted by Crippen LogP contribution is 2.18. The molecule has 0 aliphatic rings. The molecule has 2 unspecified atom stereocenters. The van der Waals surface area contributed by atoms with E-state index in [9.17, 15) is 19.8 Å². The fourth-order valence-corrected chi connectivity index (χ4v) is 10.6. The molecule has 2 atom stereocenters. The lowest BCUT2D eigenvalue weighted by atomic mass is 10.0. The van der Waals surface area contributed by atoms with Crippen LogP contribution >= 0.6 is 0 Å². The number of carbonyl (C=O) groups is 2. The normalized spacial score (nSPS) is 12.6. The van der Waals surface area contributed by atoms with Gasteiger partial charge in [-0.05, 0) is 57.8 Å². The number of aliphatic hydroxyl groups excluding tert-OH is 2. The van der Waals surface area contributed by atoms with Crippen LogP contribution in [-0.2, 0) is 14.3 Å². The number of aliphatic hydroxyl groups is 2. The van der Waals surface area contributed by atoms with Gasteiger partial charge in [-0.2, -0.15) is 0 Å². The predicted molar refractivity (Wildman–Crippen MR) is 324 cm³/mol. The van der Waals surface area contributed by atoms with Crippen molar-refractivity contribution in [3.05, 3.63) is 24.3 Å². The summed E-state index contributed by atoms with van der Waals surface area (Å²) in [5.74, 6) is -0.0456. The molecular weight excluding hydrogens is 911 g/mol. The van der Waals surface area contributed by atoms with Gasteiger partial charge >= 0.3 is 5.97 Å². The van der Waals surface area contributed by atoms with Crippen LogP contribution in [0, 0.1) is 0 Å². The summed E-state index contributed by atoms with van der Waals surface area (Å²) in [4.78, 5) is 24.5. The second-order valence-electron chi connectivity index (χ2n) is 23.2. The minimum Gasteiger partial charge on any atom is -0.466 e. The Balaban J connectivity index is 3.36. The number of carbonyl (C=O) groups excluding carboxylic acids is 2. The van der Waals surface area contributed by atoms with Gasteiger partial charge in [-0.15, -0.1) is 0 Å². The standard InChI is InChI=1S/C68H131NO5/c1-3-5-7-9-11-13-15-17-37-40-44-48-52-56-60-66(71)65(64-70)69-67(72)61-57-53-49-45-41-38-35-33-31-29-27-25-23-21-19-18-20-22-24-26-28-30-32-34-36-39-43-47-51-55-59-63-74-68(73)62-58-54-50-46-42-16-14-12-10-8-6-4-2/h20,22,56,60,65-66,70-71H,3-19,21,23-55,57-59,61-64H2,1-2H3,(H,69,72)/b22-20-,60-56+. The minimum absolute atomic E-state index is 0.0185. The molecule has 0 aromatic rings. The fourth-order valence-electron chi connectivity index (χ4n) is 10.6. The van der Waals surface area contributed by atoms with Crippen LogP contribution in [0.25, 0.3) is 0 Å². The number of ether oxygens (including phenoxy) is 1. The summed E-state index contributed by atoms with van der Waals surface area (Å²) < 4.78 is 5.48. The van der Waals surface area contributed by atoms with Crippen molar-refractivity contribution in [3.8, 4) is 0 Å². The number of allylic oxidation sites excluding steroid dienone is 3. The molecule has 0 bridgehead atoms. The van der Waals surface area contributed by atoms with Crippen LogP contribution in [0.2, 0.25) is 0 Å². The molecule has 0 aromatic carbocycles. The molecule has 6 nitrogen and oxygen atoms in total. The number of nitrogens with one attached hydrogen (secondary N) is 1. The second kappa shape index (κ2) is 63.9. The first-order valence-electron chi connectivity index (χ1n) is 33.6. The molecule has 0 aromatic heterocycles. The number of hydrogen-bond acceptors (Lipinski definition) is 5. The monoisotopic (exact) mass is 1040 g/mol. The van der Waals surface area contributed by atoms with E-state index in [0.29, 0.717) is 19.4 Å². The summed E-state index contributed by atoms with van der Waals surface area (Å²) in [5, 5.41) is 23.1. The molecule has 0 fully saturated rings. The van der Waals surface area contributed by atoms with Crippen molar-refractivity contribution < 1.29 is 24.5 Å². The minimum atomic E-state index is -0.842. The first-order valence-corrected chi connectivity index (χ1v) is 33.6. The lowest BCUT2D eigenvalue weighted by Gasteiger charge is -2.20. The SMILES string of the molecule is CCCCCCCCCCCCCC/C=C/C(O)C(CO)NC(=O)CCCCCCCCCCCCCCCCC/C=C\CCCCCCCCCCCCCCOC(=O)CCCCCCCCCCCCCC. The molecule has 0 aliphatic heterocycles. The van der Waals surface area contributed by atoms with Crippen molar-refractivity contribution >= 4 is 11.9 Å². The molecule has 0 spiro atoms. The van der Waals surface area contributed by atoms with Crippen LogP contribution in [-0.4, -0.2) is 47.4 Å². The molecular formula is C68H131NO5. The molecule has 1 amide bonds. The van der Waals surface area contributed by atoms with Gasteiger partial charge in [0.25, 0.3) is 0 Å². The highest BCUT2D eigenvalue weighted by Gasteiger charge is 2.18. The summed E-state index contributed by atoms with van der Waals surface area (Å²) in [6, 6.07) is -0.625. The lowest BCUT2D eigenvalue weighted by molar-refractivity contribution is -0.143. The van der Waals surface area contributed by atoms with E-state index < -0.39 is 12.1 Å². The highest BCUT2D eigenvalue weighted by molar-refractivity contribution is 5.76. The first kappa shape index (κ1) is 72.3. The lowest BCUT2D eigenvalue weighted by Crippen LogP contribution is -2.45. The predicted octanol–water partition coefficient (Wildman–Crippen LogP) is 21.4. The van der Waals surface area contributed by atoms with Crippen molar-refractivity contribution in [1.82, 2.24) is 5.32 Å². The van der Waals surface area contributed by atoms with E-state index in [0.717, 1.165) is 38.5 Å². The van der Waals surface area contributed by atoms with E-state index >= 15 is 0 Å². The van der Waals surface area contributed by atoms with Gasteiger partial charge < -0.3 is 20.3 Å². The molecule has 74 heavy (non-hydrogen) atoms. The van der Waals surface area contributed by atoms with Gasteiger partial charge in [-0.1, -0.05) is 327 Å². The van der Waals surface area contributed by atoms with Crippen molar-refractivity contribution in [3.63, 3.8) is 0 Å². The van der Waals surface area contributed by atoms with E-state index in [1.807, 2.05) is 6.08 Å². The van der Waals surface area contributed by atoms with E-state index in [4.69, 9.17) is 4.74 Å². The molecule has 3 N–H and O–H groups in total. The van der Waals surface area contributed by atoms with Crippen molar-refractivity contribution in [2.75, 3.05) is 13.2 Å². The number of unbranched alkanes of at least 4 members (excludes halogenated alkanes) is 50. The summed E-state index contributed by atoms with van der Waals surface area (Å²) in [6.45, 7) is 4.93. The third kappa shape index (κ3) is 59.6. The van der Waals surface area contributed by atoms with Gasteiger partial charge in [0.15, 0.2) is 0 Å². The van der Waals surface area contributed by atoms with Gasteiger partial charge in [-0.3, -0.25) is 9.59 Å². The van der Waals surface area contributed by atoms with Crippen LogP contribution in [0.1, 0.15) is 373 Å². The highest BCUT2D eigenvalue weighted by atomic mass is 16.5. The molecule has 0 aliphatic carbocycles. The number of rotatable bonds is 63. The van der Waals surface area contributed by atoms with Gasteiger partial charge in [-0.25, -0.2) is 0 Å². The second-order valence-corrected chi connectivity index (χ2v) is 23.2. The molecule has 0 heterocycles. The topological polar surface area (TPSA) is 95.9 Å². The third-order valence-corrected chi connectivity index (χ3v) is 15.7. The maximum atomic E-state index is 12.5. The van der Waals surface area contributed by atoms with Crippen LogP contribution in [0.4, 0.5) is 0 Å². The molecule has 0 saturated heterocycles. The third-order valence-electron chi connectivity index (χ3n) is 15.7. The van der Waals surface area contributed by atoms with Crippen molar-refractivity contribution in [2.45, 2.75) is 386 Å². The Morgan fingerprint density at radius 1 is 0.365 bits per heavy atom. The average Bonchev–Trinajstić information content (AvgIpc) is 3.40. The Bertz CT molecular complexity index is 1150. The number of hydrogen-bond donors (Lipinski definition) is 3. The Morgan fingerprint density at radius 2 is 0.635 bits per heavy atom. The van der Waals surface area contributed by atoms with Crippen LogP contribution in [0.5, 0.6) is 0 Å². The van der Waals surface area contributed by atoms with Crippen LogP contribution in [0.3, 0.4) is 0 Å². The summed E-state index contributed by atoms with van der Waals surface area (Å²) in [5.41, 5.74) is 0. The Hall–Kier alpha value is -1.66. The van der Waals surface area contributed by atoms with Gasteiger partial charge in [0.2, 0.25) is 5.91 Å². The zero-order chi connectivity index (χ0) is 53.6. The Morgan fingerprint density at radius 3 is 0.959 bits per heavy atom. The fraction of sp³-hybridized carbons (Fsp3) is 0.912. The van der Waals surface area contributed by atoms with Crippen molar-refractivity contribution in [2.24, 2.45) is 0 Å². The zero-order valence-corrected chi connectivity index (χ0v) is 50.1. The molecule has 0 radical (unpaired) electrons. The van der Waals surface area contributed by atoms with E-state index in [1.54, 1.807) is 6.08 Å². The maximum absolute atomic E-state index is 12.5. The first-order chi connectivity index (χ1) is 36.5. The zero-order valence-electron chi connectivity index (χ0n) is 50.1. The van der Waals surface area contributed by atoms with E-state index in [1.165, 1.54) is 308 Å². The largest absolute Gasteiger partial charge is 0.466 e. The van der Waals surface area contributed by atoms with E-state index in [2.05, 4.69) is 31.3 Å². The summed E-state index contributed by atoms with van der Waals surface area (Å²) in [6.07, 6.45) is 79.6. The maximum Gasteiger partial charge on any atom is 0.305 e. The van der Waals surface area contributed by atoms with Gasteiger partial charge in [0.1, 0.15) is 0 Å². The van der Waals surface area contributed by atoms with Crippen molar-refractivity contribution in [1.29, 1.82) is 0 Å². The quantitative estimate of drug-likeness (QED) is 0.0320. The molecule has 438 valence electrons. The van der Waals surface area contributed by atoms with Gasteiger partial charge in [0, 0.05) is 12.8 Å². The summed E-state index contributed by atoms with van der Waals surface area (Å²) in [7, 11) is 0. The number of amides is 1. The smallest absolute Gasteiger partial charge is 0.305 e. The van der Waals surface area contributed by atoms with Crippen LogP contribution < -0.4 is 5.32 Å².